The first-order valence-corrected chi connectivity index (χ1v) is 5.96. The predicted molar refractivity (Wildman–Crippen MR) is 59.7 cm³/mol. The molecule has 0 aliphatic carbocycles. The van der Waals surface area contributed by atoms with Gasteiger partial charge in [-0.2, -0.15) is 5.10 Å². The molecule has 2 nitrogen and oxygen atoms in total. The minimum atomic E-state index is 0.853. The van der Waals surface area contributed by atoms with E-state index in [-0.39, 0.29) is 0 Å². The van der Waals surface area contributed by atoms with Crippen LogP contribution >= 0.6 is 27.5 Å². The van der Waals surface area contributed by atoms with Crippen LogP contribution in [0.15, 0.2) is 0 Å². The minimum absolute atomic E-state index is 0.853. The fourth-order valence-electron chi connectivity index (χ4n) is 1.33. The van der Waals surface area contributed by atoms with Crippen molar-refractivity contribution in [2.45, 2.75) is 26.2 Å². The van der Waals surface area contributed by atoms with Gasteiger partial charge < -0.3 is 0 Å². The van der Waals surface area contributed by atoms with Crippen LogP contribution < -0.4 is 0 Å². The molecule has 0 aliphatic heterocycles. The summed E-state index contributed by atoms with van der Waals surface area (Å²) < 4.78 is 1.89. The molecule has 0 amide bonds. The van der Waals surface area contributed by atoms with Gasteiger partial charge in [-0.3, -0.25) is 4.68 Å². The van der Waals surface area contributed by atoms with E-state index in [4.69, 9.17) is 11.6 Å². The van der Waals surface area contributed by atoms with Crippen molar-refractivity contribution in [3.05, 3.63) is 16.4 Å². The molecule has 1 aromatic rings. The van der Waals surface area contributed by atoms with Crippen LogP contribution in [0.3, 0.4) is 0 Å². The third-order valence-electron chi connectivity index (χ3n) is 2.05. The predicted octanol–water partition coefficient (Wildman–Crippen LogP) is 2.96. The highest BCUT2D eigenvalue weighted by Crippen LogP contribution is 2.21. The van der Waals surface area contributed by atoms with Crippen molar-refractivity contribution in [1.82, 2.24) is 9.78 Å². The average Bonchev–Trinajstić information content (AvgIpc) is 2.39. The minimum Gasteiger partial charge on any atom is -0.271 e. The first kappa shape index (κ1) is 11.1. The molecular formula is C9H14BrClN2. The van der Waals surface area contributed by atoms with Crippen LogP contribution in [0.2, 0.25) is 5.02 Å². The Kier molecular flexibility index (Phi) is 4.26. The maximum absolute atomic E-state index is 6.17. The zero-order valence-electron chi connectivity index (χ0n) is 7.98. The summed E-state index contributed by atoms with van der Waals surface area (Å²) in [5.74, 6) is 0. The topological polar surface area (TPSA) is 17.8 Å². The monoisotopic (exact) mass is 264 g/mol. The van der Waals surface area contributed by atoms with Gasteiger partial charge in [-0.15, -0.1) is 0 Å². The highest BCUT2D eigenvalue weighted by molar-refractivity contribution is 9.09. The van der Waals surface area contributed by atoms with Crippen molar-refractivity contribution in [3.63, 3.8) is 0 Å². The van der Waals surface area contributed by atoms with Gasteiger partial charge in [0.15, 0.2) is 0 Å². The lowest BCUT2D eigenvalue weighted by Gasteiger charge is -1.99. The molecule has 13 heavy (non-hydrogen) atoms. The molecule has 1 heterocycles. The Labute approximate surface area is 92.4 Å². The van der Waals surface area contributed by atoms with Gasteiger partial charge in [0, 0.05) is 12.4 Å². The smallest absolute Gasteiger partial charge is 0.0849 e. The fraction of sp³-hybridized carbons (Fsp3) is 0.667. The quantitative estimate of drug-likeness (QED) is 0.766. The van der Waals surface area contributed by atoms with E-state index in [0.29, 0.717) is 0 Å². The molecule has 0 N–H and O–H groups in total. The van der Waals surface area contributed by atoms with E-state index in [0.717, 1.165) is 41.0 Å². The molecule has 4 heteroatoms. The largest absolute Gasteiger partial charge is 0.271 e. The van der Waals surface area contributed by atoms with Crippen molar-refractivity contribution in [2.24, 2.45) is 7.05 Å². The second kappa shape index (κ2) is 5.01. The summed E-state index contributed by atoms with van der Waals surface area (Å²) in [5.41, 5.74) is 2.16. The molecule has 0 atom stereocenters. The lowest BCUT2D eigenvalue weighted by atomic mass is 10.2. The third-order valence-corrected chi connectivity index (χ3v) is 3.05. The molecule has 0 unspecified atom stereocenters. The average molecular weight is 266 g/mol. The normalized spacial score (nSPS) is 10.8. The van der Waals surface area contributed by atoms with Crippen molar-refractivity contribution >= 4 is 27.5 Å². The van der Waals surface area contributed by atoms with Crippen molar-refractivity contribution < 1.29 is 0 Å². The maximum Gasteiger partial charge on any atom is 0.0849 e. The Hall–Kier alpha value is -0.0200. The van der Waals surface area contributed by atoms with Crippen LogP contribution in [0, 0.1) is 0 Å². The van der Waals surface area contributed by atoms with Crippen LogP contribution in [0.1, 0.15) is 24.7 Å². The molecule has 0 saturated heterocycles. The van der Waals surface area contributed by atoms with Gasteiger partial charge in [0.2, 0.25) is 0 Å². The fourth-order valence-corrected chi connectivity index (χ4v) is 1.99. The van der Waals surface area contributed by atoms with E-state index in [2.05, 4.69) is 28.0 Å². The van der Waals surface area contributed by atoms with Gasteiger partial charge in [-0.25, -0.2) is 0 Å². The third kappa shape index (κ3) is 2.47. The number of rotatable bonds is 4. The Morgan fingerprint density at radius 1 is 1.54 bits per heavy atom. The highest BCUT2D eigenvalue weighted by Gasteiger charge is 2.11. The van der Waals surface area contributed by atoms with Gasteiger partial charge in [-0.05, 0) is 19.3 Å². The van der Waals surface area contributed by atoms with Gasteiger partial charge >= 0.3 is 0 Å². The summed E-state index contributed by atoms with van der Waals surface area (Å²) in [6.45, 7) is 2.07. The van der Waals surface area contributed by atoms with E-state index in [1.807, 2.05) is 11.7 Å². The molecule has 0 bridgehead atoms. The van der Waals surface area contributed by atoms with E-state index in [1.54, 1.807) is 0 Å². The lowest BCUT2D eigenvalue weighted by Crippen LogP contribution is -1.98. The summed E-state index contributed by atoms with van der Waals surface area (Å²) in [6.07, 6.45) is 3.00. The van der Waals surface area contributed by atoms with E-state index in [9.17, 15) is 0 Å². The SMILES string of the molecule is CCc1nn(C)c(CCCBr)c1Cl. The van der Waals surface area contributed by atoms with Gasteiger partial charge in [0.1, 0.15) is 0 Å². The summed E-state index contributed by atoms with van der Waals surface area (Å²) >= 11 is 9.57. The molecule has 1 rings (SSSR count). The number of hydrogen-bond acceptors (Lipinski definition) is 1. The summed E-state index contributed by atoms with van der Waals surface area (Å²) in [4.78, 5) is 0. The first-order chi connectivity index (χ1) is 6.20. The molecule has 0 aromatic carbocycles. The zero-order valence-corrected chi connectivity index (χ0v) is 10.3. The number of aromatic nitrogens is 2. The molecule has 1 aromatic heterocycles. The summed E-state index contributed by atoms with van der Waals surface area (Å²) in [5, 5.41) is 6.21. The Balaban J connectivity index is 2.85. The van der Waals surface area contributed by atoms with Crippen LogP contribution in [0.25, 0.3) is 0 Å². The van der Waals surface area contributed by atoms with E-state index >= 15 is 0 Å². The van der Waals surface area contributed by atoms with Crippen LogP contribution in [-0.2, 0) is 19.9 Å². The maximum atomic E-state index is 6.17. The van der Waals surface area contributed by atoms with Crippen LogP contribution in [0.4, 0.5) is 0 Å². The van der Waals surface area contributed by atoms with Gasteiger partial charge in [0.25, 0.3) is 0 Å². The molecule has 0 fully saturated rings. The Bertz CT molecular complexity index is 283. The molecular weight excluding hydrogens is 251 g/mol. The van der Waals surface area contributed by atoms with Crippen molar-refractivity contribution in [2.75, 3.05) is 5.33 Å². The molecule has 0 saturated carbocycles. The number of aryl methyl sites for hydroxylation is 2. The number of nitrogens with zero attached hydrogens (tertiary/aromatic N) is 2. The second-order valence-electron chi connectivity index (χ2n) is 2.98. The Morgan fingerprint density at radius 3 is 2.69 bits per heavy atom. The highest BCUT2D eigenvalue weighted by atomic mass is 79.9. The van der Waals surface area contributed by atoms with Gasteiger partial charge in [0.05, 0.1) is 16.4 Å². The number of halogens is 2. The Morgan fingerprint density at radius 2 is 2.23 bits per heavy atom. The molecule has 0 radical (unpaired) electrons. The van der Waals surface area contributed by atoms with Crippen molar-refractivity contribution in [1.29, 1.82) is 0 Å². The van der Waals surface area contributed by atoms with Crippen LogP contribution in [-0.4, -0.2) is 15.1 Å². The van der Waals surface area contributed by atoms with Crippen molar-refractivity contribution in [3.8, 4) is 0 Å². The summed E-state index contributed by atoms with van der Waals surface area (Å²) in [7, 11) is 1.95. The van der Waals surface area contributed by atoms with E-state index < -0.39 is 0 Å². The standard InChI is InChI=1S/C9H14BrClN2/c1-3-7-9(11)8(5-4-6-10)13(2)12-7/h3-6H2,1-2H3. The molecule has 74 valence electrons. The lowest BCUT2D eigenvalue weighted by molar-refractivity contribution is 0.690. The molecule has 0 aliphatic rings. The first-order valence-electron chi connectivity index (χ1n) is 4.46. The molecule has 0 spiro atoms. The zero-order chi connectivity index (χ0) is 9.84. The number of alkyl halides is 1. The second-order valence-corrected chi connectivity index (χ2v) is 4.15. The van der Waals surface area contributed by atoms with E-state index in [1.165, 1.54) is 0 Å². The summed E-state index contributed by atoms with van der Waals surface area (Å²) in [6, 6.07) is 0. The van der Waals surface area contributed by atoms with Crippen LogP contribution in [0.5, 0.6) is 0 Å². The van der Waals surface area contributed by atoms with Gasteiger partial charge in [-0.1, -0.05) is 34.5 Å². The number of hydrogen-bond donors (Lipinski definition) is 0.